The highest BCUT2D eigenvalue weighted by atomic mass is 35.5. The number of methoxy groups -OCH3 is 1. The molecule has 3 aromatic rings. The molecule has 1 N–H and O–H groups in total. The van der Waals surface area contributed by atoms with Crippen LogP contribution in [0.25, 0.3) is 10.2 Å². The number of fused-ring (bicyclic) bond motifs is 1. The molecule has 0 saturated heterocycles. The van der Waals surface area contributed by atoms with Crippen molar-refractivity contribution in [2.75, 3.05) is 12.4 Å². The molecule has 0 aliphatic heterocycles. The second-order valence-corrected chi connectivity index (χ2v) is 7.47. The number of amides is 1. The molecule has 0 atom stereocenters. The van der Waals surface area contributed by atoms with Gasteiger partial charge in [-0.2, -0.15) is 0 Å². The number of anilines is 1. The first-order valence-corrected chi connectivity index (χ1v) is 8.82. The molecule has 0 bridgehead atoms. The van der Waals surface area contributed by atoms with Crippen molar-refractivity contribution in [3.8, 4) is 0 Å². The molecule has 1 amide bonds. The van der Waals surface area contributed by atoms with Crippen molar-refractivity contribution in [2.24, 2.45) is 0 Å². The highest BCUT2D eigenvalue weighted by Gasteiger charge is 2.20. The number of hydrogen-bond acceptors (Lipinski definition) is 4. The molecule has 0 saturated carbocycles. The number of carbonyl (C=O) groups is 2. The Balaban J connectivity index is 1.89. The lowest BCUT2D eigenvalue weighted by Gasteiger charge is -2.11. The van der Waals surface area contributed by atoms with Gasteiger partial charge < -0.3 is 14.6 Å². The Bertz CT molecular complexity index is 974. The van der Waals surface area contributed by atoms with Gasteiger partial charge in [0.15, 0.2) is 0 Å². The number of halogens is 1. The molecule has 2 aromatic heterocycles. The van der Waals surface area contributed by atoms with Crippen LogP contribution >= 0.6 is 22.9 Å². The zero-order chi connectivity index (χ0) is 18.1. The van der Waals surface area contributed by atoms with E-state index in [1.54, 1.807) is 16.7 Å². The maximum atomic E-state index is 12.5. The van der Waals surface area contributed by atoms with Crippen molar-refractivity contribution in [2.45, 2.75) is 20.4 Å². The van der Waals surface area contributed by atoms with Crippen LogP contribution in [0.5, 0.6) is 0 Å². The van der Waals surface area contributed by atoms with Gasteiger partial charge in [0.2, 0.25) is 5.91 Å². The minimum atomic E-state index is -0.487. The van der Waals surface area contributed by atoms with Gasteiger partial charge >= 0.3 is 5.97 Å². The smallest absolute Gasteiger partial charge is 0.354 e. The third kappa shape index (κ3) is 3.55. The number of carbonyl (C=O) groups excluding carboxylic acids is 2. The van der Waals surface area contributed by atoms with Crippen molar-refractivity contribution in [1.82, 2.24) is 4.57 Å². The van der Waals surface area contributed by atoms with Crippen molar-refractivity contribution < 1.29 is 14.3 Å². The molecule has 0 unspecified atom stereocenters. The monoisotopic (exact) mass is 376 g/mol. The number of aryl methyl sites for hydroxylation is 2. The summed E-state index contributed by atoms with van der Waals surface area (Å²) in [7, 11) is 1.32. The van der Waals surface area contributed by atoms with Crippen LogP contribution in [-0.2, 0) is 16.1 Å². The lowest BCUT2D eigenvalue weighted by atomic mass is 10.1. The Kier molecular flexibility index (Phi) is 4.83. The largest absolute Gasteiger partial charge is 0.464 e. The molecular formula is C18H17ClN2O3S. The average molecular weight is 377 g/mol. The Morgan fingerprint density at radius 3 is 2.64 bits per heavy atom. The number of hydrogen-bond donors (Lipinski definition) is 1. The van der Waals surface area contributed by atoms with E-state index in [1.165, 1.54) is 18.4 Å². The summed E-state index contributed by atoms with van der Waals surface area (Å²) in [5.74, 6) is -0.716. The first-order valence-electron chi connectivity index (χ1n) is 7.63. The average Bonchev–Trinajstić information content (AvgIpc) is 3.07. The first-order chi connectivity index (χ1) is 11.9. The van der Waals surface area contributed by atoms with Crippen molar-refractivity contribution in [1.29, 1.82) is 0 Å². The molecule has 0 aliphatic rings. The van der Waals surface area contributed by atoms with Crippen LogP contribution in [0.15, 0.2) is 30.3 Å². The quantitative estimate of drug-likeness (QED) is 0.686. The van der Waals surface area contributed by atoms with Gasteiger partial charge in [0, 0.05) is 5.69 Å². The standard InChI is InChI=1S/C18H17ClN2O3S/c1-10-4-5-12(6-11(10)2)20-17(22)9-21-13-8-16(19)25-15(13)7-14(21)18(23)24-3/h4-8H,9H2,1-3H3,(H,20,22). The maximum absolute atomic E-state index is 12.5. The number of rotatable bonds is 4. The lowest BCUT2D eigenvalue weighted by molar-refractivity contribution is -0.116. The molecule has 7 heteroatoms. The van der Waals surface area contributed by atoms with Crippen LogP contribution in [0.4, 0.5) is 5.69 Å². The van der Waals surface area contributed by atoms with Crippen LogP contribution in [0.3, 0.4) is 0 Å². The SMILES string of the molecule is COC(=O)c1cc2sc(Cl)cc2n1CC(=O)Nc1ccc(C)c(C)c1. The van der Waals surface area contributed by atoms with E-state index in [0.717, 1.165) is 27.0 Å². The summed E-state index contributed by atoms with van der Waals surface area (Å²) in [6.45, 7) is 4.00. The number of esters is 1. The van der Waals surface area contributed by atoms with Gasteiger partial charge in [-0.1, -0.05) is 17.7 Å². The fraction of sp³-hybridized carbons (Fsp3) is 0.222. The molecule has 5 nitrogen and oxygen atoms in total. The van der Waals surface area contributed by atoms with Gasteiger partial charge in [-0.15, -0.1) is 11.3 Å². The predicted molar refractivity (Wildman–Crippen MR) is 101 cm³/mol. The Morgan fingerprint density at radius 1 is 1.20 bits per heavy atom. The summed E-state index contributed by atoms with van der Waals surface area (Å²) in [5, 5.41) is 2.86. The van der Waals surface area contributed by atoms with E-state index in [-0.39, 0.29) is 12.5 Å². The van der Waals surface area contributed by atoms with E-state index in [1.807, 2.05) is 32.0 Å². The lowest BCUT2D eigenvalue weighted by Crippen LogP contribution is -2.21. The number of nitrogens with one attached hydrogen (secondary N) is 1. The predicted octanol–water partition coefficient (Wildman–Crippen LogP) is 4.40. The highest BCUT2D eigenvalue weighted by molar-refractivity contribution is 7.22. The summed E-state index contributed by atoms with van der Waals surface area (Å²) in [5.41, 5.74) is 4.05. The molecule has 1 aromatic carbocycles. The molecule has 0 radical (unpaired) electrons. The third-order valence-corrected chi connectivity index (χ3v) is 5.25. The van der Waals surface area contributed by atoms with E-state index >= 15 is 0 Å². The van der Waals surface area contributed by atoms with Crippen LogP contribution in [0, 0.1) is 13.8 Å². The Morgan fingerprint density at radius 2 is 1.96 bits per heavy atom. The molecule has 25 heavy (non-hydrogen) atoms. The normalized spacial score (nSPS) is 10.9. The van der Waals surface area contributed by atoms with Gasteiger partial charge in [0.05, 0.1) is 21.7 Å². The van der Waals surface area contributed by atoms with Crippen LogP contribution < -0.4 is 5.32 Å². The number of thiophene rings is 1. The summed E-state index contributed by atoms with van der Waals surface area (Å²) >= 11 is 7.40. The molecule has 0 fully saturated rings. The summed E-state index contributed by atoms with van der Waals surface area (Å²) in [6, 6.07) is 9.17. The van der Waals surface area contributed by atoms with E-state index in [0.29, 0.717) is 10.0 Å². The molecule has 3 rings (SSSR count). The number of nitrogens with zero attached hydrogens (tertiary/aromatic N) is 1. The first kappa shape index (κ1) is 17.5. The number of ether oxygens (including phenoxy) is 1. The fourth-order valence-corrected chi connectivity index (χ4v) is 3.80. The Hall–Kier alpha value is -2.31. The second-order valence-electron chi connectivity index (χ2n) is 5.75. The number of benzene rings is 1. The van der Waals surface area contributed by atoms with Crippen molar-refractivity contribution >= 4 is 50.7 Å². The summed E-state index contributed by atoms with van der Waals surface area (Å²) in [6.07, 6.45) is 0. The van der Waals surface area contributed by atoms with Gasteiger partial charge in [-0.05, 0) is 49.2 Å². The minimum absolute atomic E-state index is 0.00603. The molecule has 0 aliphatic carbocycles. The van der Waals surface area contributed by atoms with Gasteiger partial charge in [0.25, 0.3) is 0 Å². The van der Waals surface area contributed by atoms with Crippen LogP contribution in [-0.4, -0.2) is 23.6 Å². The second kappa shape index (κ2) is 6.90. The Labute approximate surface area is 154 Å². The van der Waals surface area contributed by atoms with Gasteiger partial charge in [0.1, 0.15) is 12.2 Å². The molecule has 130 valence electrons. The van der Waals surface area contributed by atoms with Crippen LogP contribution in [0.1, 0.15) is 21.6 Å². The van der Waals surface area contributed by atoms with E-state index in [2.05, 4.69) is 5.32 Å². The third-order valence-electron chi connectivity index (χ3n) is 4.05. The molecular weight excluding hydrogens is 360 g/mol. The fourth-order valence-electron chi connectivity index (χ4n) is 2.62. The van der Waals surface area contributed by atoms with Crippen molar-refractivity contribution in [3.05, 3.63) is 51.5 Å². The van der Waals surface area contributed by atoms with Crippen molar-refractivity contribution in [3.63, 3.8) is 0 Å². The topological polar surface area (TPSA) is 60.3 Å². The zero-order valence-corrected chi connectivity index (χ0v) is 15.6. The molecule has 0 spiro atoms. The molecule has 2 heterocycles. The number of aromatic nitrogens is 1. The van der Waals surface area contributed by atoms with E-state index in [9.17, 15) is 9.59 Å². The highest BCUT2D eigenvalue weighted by Crippen LogP contribution is 2.32. The summed E-state index contributed by atoms with van der Waals surface area (Å²) in [4.78, 5) is 24.5. The van der Waals surface area contributed by atoms with E-state index in [4.69, 9.17) is 16.3 Å². The van der Waals surface area contributed by atoms with Gasteiger partial charge in [-0.3, -0.25) is 4.79 Å². The zero-order valence-electron chi connectivity index (χ0n) is 14.1. The summed E-state index contributed by atoms with van der Waals surface area (Å²) < 4.78 is 7.88. The van der Waals surface area contributed by atoms with Gasteiger partial charge in [-0.25, -0.2) is 4.79 Å². The maximum Gasteiger partial charge on any atom is 0.354 e. The van der Waals surface area contributed by atoms with Crippen LogP contribution in [0.2, 0.25) is 4.34 Å². The minimum Gasteiger partial charge on any atom is -0.464 e. The van der Waals surface area contributed by atoms with E-state index < -0.39 is 5.97 Å².